The van der Waals surface area contributed by atoms with Crippen LogP contribution in [0.2, 0.25) is 0 Å². The molecule has 0 aliphatic heterocycles. The summed E-state index contributed by atoms with van der Waals surface area (Å²) in [5.74, 6) is 0.742. The molecule has 2 heterocycles. The van der Waals surface area contributed by atoms with Gasteiger partial charge in [-0.25, -0.2) is 4.98 Å². The summed E-state index contributed by atoms with van der Waals surface area (Å²) in [7, 11) is 1.63. The molecule has 6 heteroatoms. The third-order valence-corrected chi connectivity index (χ3v) is 4.45. The molecule has 0 fully saturated rings. The highest BCUT2D eigenvalue weighted by Crippen LogP contribution is 2.29. The maximum Gasteiger partial charge on any atom is 0.230 e. The standard InChI is InChI=1S/C14H12N2O2S2/c1-18-10-2-3-11-12(7-10)20-14(15-11)16-13(17)6-9-4-5-19-8-9/h2-5,7-8H,6H2,1H3,(H,15,16,17). The van der Waals surface area contributed by atoms with Gasteiger partial charge in [0, 0.05) is 0 Å². The molecule has 20 heavy (non-hydrogen) atoms. The SMILES string of the molecule is COc1ccc2nc(NC(=O)Cc3ccsc3)sc2c1. The summed E-state index contributed by atoms with van der Waals surface area (Å²) in [5.41, 5.74) is 1.89. The van der Waals surface area contributed by atoms with Crippen molar-refractivity contribution in [3.05, 3.63) is 40.6 Å². The van der Waals surface area contributed by atoms with Crippen molar-refractivity contribution in [2.75, 3.05) is 12.4 Å². The Hall–Kier alpha value is -1.92. The van der Waals surface area contributed by atoms with Crippen LogP contribution >= 0.6 is 22.7 Å². The molecule has 0 saturated heterocycles. The minimum atomic E-state index is -0.0468. The van der Waals surface area contributed by atoms with E-state index in [1.807, 2.05) is 35.0 Å². The Morgan fingerprint density at radius 2 is 2.30 bits per heavy atom. The number of nitrogens with zero attached hydrogens (tertiary/aromatic N) is 1. The summed E-state index contributed by atoms with van der Waals surface area (Å²) < 4.78 is 6.17. The molecular formula is C14H12N2O2S2. The van der Waals surface area contributed by atoms with Crippen LogP contribution in [0.5, 0.6) is 5.75 Å². The number of hydrogen-bond acceptors (Lipinski definition) is 5. The highest BCUT2D eigenvalue weighted by Gasteiger charge is 2.09. The topological polar surface area (TPSA) is 51.2 Å². The third kappa shape index (κ3) is 2.81. The Labute approximate surface area is 124 Å². The van der Waals surface area contributed by atoms with Gasteiger partial charge in [-0.2, -0.15) is 11.3 Å². The maximum absolute atomic E-state index is 11.9. The normalized spacial score (nSPS) is 10.7. The second kappa shape index (κ2) is 5.60. The number of anilines is 1. The van der Waals surface area contributed by atoms with Crippen molar-refractivity contribution in [2.24, 2.45) is 0 Å². The predicted octanol–water partition coefficient (Wildman–Crippen LogP) is 3.55. The average Bonchev–Trinajstić information content (AvgIpc) is 3.06. The van der Waals surface area contributed by atoms with Crippen molar-refractivity contribution < 1.29 is 9.53 Å². The number of rotatable bonds is 4. The minimum absolute atomic E-state index is 0.0468. The van der Waals surface area contributed by atoms with Crippen LogP contribution in [0.4, 0.5) is 5.13 Å². The second-order valence-corrected chi connectivity index (χ2v) is 6.02. The quantitative estimate of drug-likeness (QED) is 0.802. The molecule has 0 unspecified atom stereocenters. The van der Waals surface area contributed by atoms with Crippen molar-refractivity contribution in [3.8, 4) is 5.75 Å². The van der Waals surface area contributed by atoms with Gasteiger partial charge >= 0.3 is 0 Å². The summed E-state index contributed by atoms with van der Waals surface area (Å²) >= 11 is 3.04. The monoisotopic (exact) mass is 304 g/mol. The van der Waals surface area contributed by atoms with Gasteiger partial charge in [0.1, 0.15) is 5.75 Å². The van der Waals surface area contributed by atoms with E-state index in [1.54, 1.807) is 18.4 Å². The minimum Gasteiger partial charge on any atom is -0.497 e. The zero-order valence-corrected chi connectivity index (χ0v) is 12.4. The summed E-state index contributed by atoms with van der Waals surface area (Å²) in [6.07, 6.45) is 0.378. The molecule has 102 valence electrons. The van der Waals surface area contributed by atoms with Crippen molar-refractivity contribution in [2.45, 2.75) is 6.42 Å². The molecule has 1 aromatic carbocycles. The van der Waals surface area contributed by atoms with Crippen LogP contribution < -0.4 is 10.1 Å². The second-order valence-electron chi connectivity index (χ2n) is 4.21. The van der Waals surface area contributed by atoms with Crippen LogP contribution in [0.1, 0.15) is 5.56 Å². The number of aromatic nitrogens is 1. The Bertz CT molecular complexity index is 735. The van der Waals surface area contributed by atoms with Crippen molar-refractivity contribution in [1.82, 2.24) is 4.98 Å². The van der Waals surface area contributed by atoms with E-state index < -0.39 is 0 Å². The number of thiazole rings is 1. The molecule has 3 rings (SSSR count). The van der Waals surface area contributed by atoms with E-state index in [9.17, 15) is 4.79 Å². The molecule has 2 aromatic heterocycles. The van der Waals surface area contributed by atoms with Crippen molar-refractivity contribution >= 4 is 43.9 Å². The van der Waals surface area contributed by atoms with Gasteiger partial charge in [-0.05, 0) is 40.6 Å². The highest BCUT2D eigenvalue weighted by atomic mass is 32.1. The Kier molecular flexibility index (Phi) is 3.66. The number of ether oxygens (including phenoxy) is 1. The zero-order chi connectivity index (χ0) is 13.9. The lowest BCUT2D eigenvalue weighted by Crippen LogP contribution is -2.13. The van der Waals surface area contributed by atoms with Gasteiger partial charge in [0.05, 0.1) is 23.7 Å². The molecular weight excluding hydrogens is 292 g/mol. The molecule has 0 aliphatic rings. The Morgan fingerprint density at radius 3 is 3.05 bits per heavy atom. The Morgan fingerprint density at radius 1 is 1.40 bits per heavy atom. The number of carbonyl (C=O) groups excluding carboxylic acids is 1. The van der Waals surface area contributed by atoms with Crippen LogP contribution in [-0.4, -0.2) is 18.0 Å². The first-order valence-corrected chi connectivity index (χ1v) is 7.76. The molecule has 0 bridgehead atoms. The number of carbonyl (C=O) groups is 1. The van der Waals surface area contributed by atoms with Gasteiger partial charge in [-0.3, -0.25) is 4.79 Å². The smallest absolute Gasteiger partial charge is 0.230 e. The van der Waals surface area contributed by atoms with Gasteiger partial charge in [-0.15, -0.1) is 0 Å². The van der Waals surface area contributed by atoms with Gasteiger partial charge < -0.3 is 10.1 Å². The third-order valence-electron chi connectivity index (χ3n) is 2.79. The summed E-state index contributed by atoms with van der Waals surface area (Å²) in [5, 5.41) is 7.40. The average molecular weight is 304 g/mol. The number of amides is 1. The number of benzene rings is 1. The number of fused-ring (bicyclic) bond motifs is 1. The maximum atomic E-state index is 11.9. The van der Waals surface area contributed by atoms with E-state index in [1.165, 1.54) is 11.3 Å². The van der Waals surface area contributed by atoms with Crippen molar-refractivity contribution in [3.63, 3.8) is 0 Å². The first-order valence-electron chi connectivity index (χ1n) is 6.00. The molecule has 4 nitrogen and oxygen atoms in total. The van der Waals surface area contributed by atoms with E-state index in [4.69, 9.17) is 4.74 Å². The molecule has 0 spiro atoms. The van der Waals surface area contributed by atoms with Crippen LogP contribution in [0.15, 0.2) is 35.0 Å². The molecule has 3 aromatic rings. The van der Waals surface area contributed by atoms with Crippen LogP contribution in [0.25, 0.3) is 10.2 Å². The van der Waals surface area contributed by atoms with Gasteiger partial charge in [0.25, 0.3) is 0 Å². The number of nitrogens with one attached hydrogen (secondary N) is 1. The molecule has 0 saturated carbocycles. The van der Waals surface area contributed by atoms with E-state index in [0.717, 1.165) is 21.5 Å². The molecule has 1 N–H and O–H groups in total. The fourth-order valence-electron chi connectivity index (χ4n) is 1.83. The fourth-order valence-corrected chi connectivity index (χ4v) is 3.41. The first-order chi connectivity index (χ1) is 9.74. The van der Waals surface area contributed by atoms with Gasteiger partial charge in [0.2, 0.25) is 5.91 Å². The lowest BCUT2D eigenvalue weighted by Gasteiger charge is -1.98. The number of methoxy groups -OCH3 is 1. The number of hydrogen-bond donors (Lipinski definition) is 1. The van der Waals surface area contributed by atoms with E-state index in [-0.39, 0.29) is 5.91 Å². The first kappa shape index (κ1) is 13.1. The Balaban J connectivity index is 1.75. The molecule has 0 radical (unpaired) electrons. The van der Waals surface area contributed by atoms with Crippen LogP contribution in [0, 0.1) is 0 Å². The number of thiophene rings is 1. The molecule has 1 amide bonds. The summed E-state index contributed by atoms with van der Waals surface area (Å²) in [6, 6.07) is 7.62. The van der Waals surface area contributed by atoms with E-state index >= 15 is 0 Å². The summed E-state index contributed by atoms with van der Waals surface area (Å²) in [4.78, 5) is 16.3. The lowest BCUT2D eigenvalue weighted by molar-refractivity contribution is -0.115. The van der Waals surface area contributed by atoms with Crippen LogP contribution in [-0.2, 0) is 11.2 Å². The van der Waals surface area contributed by atoms with Crippen LogP contribution in [0.3, 0.4) is 0 Å². The zero-order valence-electron chi connectivity index (χ0n) is 10.8. The van der Waals surface area contributed by atoms with E-state index in [0.29, 0.717) is 11.6 Å². The molecule has 0 atom stereocenters. The largest absolute Gasteiger partial charge is 0.497 e. The summed E-state index contributed by atoms with van der Waals surface area (Å²) in [6.45, 7) is 0. The van der Waals surface area contributed by atoms with E-state index in [2.05, 4.69) is 10.3 Å². The lowest BCUT2D eigenvalue weighted by atomic mass is 10.2. The predicted molar refractivity (Wildman–Crippen MR) is 82.8 cm³/mol. The highest BCUT2D eigenvalue weighted by molar-refractivity contribution is 7.22. The fraction of sp³-hybridized carbons (Fsp3) is 0.143. The molecule has 0 aliphatic carbocycles. The van der Waals surface area contributed by atoms with Gasteiger partial charge in [-0.1, -0.05) is 11.3 Å². The van der Waals surface area contributed by atoms with Crippen molar-refractivity contribution in [1.29, 1.82) is 0 Å². The van der Waals surface area contributed by atoms with Gasteiger partial charge in [0.15, 0.2) is 5.13 Å².